The molecule has 0 atom stereocenters. The van der Waals surface area contributed by atoms with Crippen LogP contribution in [0.5, 0.6) is 0 Å². The molecule has 1 fully saturated rings. The highest BCUT2D eigenvalue weighted by Gasteiger charge is 2.22. The summed E-state index contributed by atoms with van der Waals surface area (Å²) < 4.78 is 5.19. The van der Waals surface area contributed by atoms with Gasteiger partial charge in [-0.05, 0) is 36.9 Å². The molecule has 4 heteroatoms. The zero-order valence-electron chi connectivity index (χ0n) is 12.2. The Hall–Kier alpha value is -1.39. The normalized spacial score (nSPS) is 14.2. The van der Waals surface area contributed by atoms with Crippen molar-refractivity contribution in [3.63, 3.8) is 0 Å². The summed E-state index contributed by atoms with van der Waals surface area (Å²) in [5.41, 5.74) is 2.48. The molecule has 0 spiro atoms. The monoisotopic (exact) mass is 276 g/mol. The summed E-state index contributed by atoms with van der Waals surface area (Å²) >= 11 is 0. The number of rotatable bonds is 9. The summed E-state index contributed by atoms with van der Waals surface area (Å²) in [6.45, 7) is 2.32. The summed E-state index contributed by atoms with van der Waals surface area (Å²) in [5, 5.41) is 6.39. The lowest BCUT2D eigenvalue weighted by molar-refractivity contribution is -0.121. The van der Waals surface area contributed by atoms with Crippen molar-refractivity contribution in [3.8, 4) is 0 Å². The molecule has 1 aromatic carbocycles. The predicted octanol–water partition coefficient (Wildman–Crippen LogP) is 1.98. The number of ether oxygens (including phenoxy) is 1. The SMILES string of the molecule is COCc1ccccc1CNCCCC(=O)NC1CC1. The Bertz CT molecular complexity index is 430. The zero-order valence-corrected chi connectivity index (χ0v) is 12.2. The number of carbonyl (C=O) groups is 1. The summed E-state index contributed by atoms with van der Waals surface area (Å²) in [5.74, 6) is 0.189. The number of hydrogen-bond donors (Lipinski definition) is 2. The molecule has 0 saturated heterocycles. The molecule has 20 heavy (non-hydrogen) atoms. The van der Waals surface area contributed by atoms with Crippen molar-refractivity contribution in [2.75, 3.05) is 13.7 Å². The molecule has 0 heterocycles. The Balaban J connectivity index is 1.61. The van der Waals surface area contributed by atoms with Crippen LogP contribution in [0.25, 0.3) is 0 Å². The number of nitrogens with one attached hydrogen (secondary N) is 2. The van der Waals surface area contributed by atoms with Crippen LogP contribution in [0, 0.1) is 0 Å². The van der Waals surface area contributed by atoms with E-state index in [0.717, 1.165) is 32.4 Å². The maximum atomic E-state index is 11.5. The van der Waals surface area contributed by atoms with Crippen LogP contribution in [0.2, 0.25) is 0 Å². The van der Waals surface area contributed by atoms with Gasteiger partial charge in [0.25, 0.3) is 0 Å². The highest BCUT2D eigenvalue weighted by molar-refractivity contribution is 5.76. The topological polar surface area (TPSA) is 50.4 Å². The van der Waals surface area contributed by atoms with Crippen molar-refractivity contribution in [1.82, 2.24) is 10.6 Å². The third-order valence-electron chi connectivity index (χ3n) is 3.43. The smallest absolute Gasteiger partial charge is 0.220 e. The van der Waals surface area contributed by atoms with Crippen LogP contribution < -0.4 is 10.6 Å². The Morgan fingerprint density at radius 2 is 2.05 bits per heavy atom. The van der Waals surface area contributed by atoms with E-state index in [4.69, 9.17) is 4.74 Å². The van der Waals surface area contributed by atoms with Gasteiger partial charge in [0.15, 0.2) is 0 Å². The molecule has 1 aromatic rings. The van der Waals surface area contributed by atoms with Gasteiger partial charge < -0.3 is 15.4 Å². The minimum Gasteiger partial charge on any atom is -0.380 e. The summed E-state index contributed by atoms with van der Waals surface area (Å²) in [7, 11) is 1.71. The largest absolute Gasteiger partial charge is 0.380 e. The maximum absolute atomic E-state index is 11.5. The highest BCUT2D eigenvalue weighted by atomic mass is 16.5. The van der Waals surface area contributed by atoms with E-state index in [0.29, 0.717) is 19.1 Å². The van der Waals surface area contributed by atoms with Crippen LogP contribution in [0.4, 0.5) is 0 Å². The lowest BCUT2D eigenvalue weighted by atomic mass is 10.1. The molecular weight excluding hydrogens is 252 g/mol. The minimum absolute atomic E-state index is 0.189. The molecule has 0 unspecified atom stereocenters. The second kappa shape index (κ2) is 8.02. The lowest BCUT2D eigenvalue weighted by Crippen LogP contribution is -2.26. The van der Waals surface area contributed by atoms with Gasteiger partial charge in [-0.3, -0.25) is 4.79 Å². The third-order valence-corrected chi connectivity index (χ3v) is 3.43. The summed E-state index contributed by atoms with van der Waals surface area (Å²) in [6.07, 6.45) is 3.80. The zero-order chi connectivity index (χ0) is 14.2. The first-order chi connectivity index (χ1) is 9.79. The first kappa shape index (κ1) is 15.0. The second-order valence-electron chi connectivity index (χ2n) is 5.32. The summed E-state index contributed by atoms with van der Waals surface area (Å²) in [6, 6.07) is 8.74. The fourth-order valence-corrected chi connectivity index (χ4v) is 2.15. The van der Waals surface area contributed by atoms with Crippen molar-refractivity contribution in [2.45, 2.75) is 44.9 Å². The Kier molecular flexibility index (Phi) is 6.02. The van der Waals surface area contributed by atoms with Gasteiger partial charge in [-0.15, -0.1) is 0 Å². The molecule has 1 aliphatic rings. The predicted molar refractivity (Wildman–Crippen MR) is 79.3 cm³/mol. The van der Waals surface area contributed by atoms with E-state index in [-0.39, 0.29) is 5.91 Å². The minimum atomic E-state index is 0.189. The van der Waals surface area contributed by atoms with Crippen molar-refractivity contribution < 1.29 is 9.53 Å². The van der Waals surface area contributed by atoms with E-state index in [9.17, 15) is 4.79 Å². The van der Waals surface area contributed by atoms with Crippen LogP contribution in [0.1, 0.15) is 36.8 Å². The standard InChI is InChI=1S/C16H24N2O2/c1-20-12-14-6-3-2-5-13(14)11-17-10-4-7-16(19)18-15-8-9-15/h2-3,5-6,15,17H,4,7-12H2,1H3,(H,18,19). The number of carbonyl (C=O) groups excluding carboxylic acids is 1. The van der Waals surface area contributed by atoms with Gasteiger partial charge in [0.1, 0.15) is 0 Å². The molecule has 1 saturated carbocycles. The van der Waals surface area contributed by atoms with Crippen LogP contribution in [-0.2, 0) is 22.7 Å². The van der Waals surface area contributed by atoms with Crippen LogP contribution in [0.15, 0.2) is 24.3 Å². The highest BCUT2D eigenvalue weighted by Crippen LogP contribution is 2.18. The van der Waals surface area contributed by atoms with Crippen molar-refractivity contribution >= 4 is 5.91 Å². The van der Waals surface area contributed by atoms with Gasteiger partial charge in [-0.2, -0.15) is 0 Å². The van der Waals surface area contributed by atoms with E-state index in [1.54, 1.807) is 7.11 Å². The Morgan fingerprint density at radius 3 is 2.75 bits per heavy atom. The van der Waals surface area contributed by atoms with E-state index in [1.165, 1.54) is 11.1 Å². The first-order valence-electron chi connectivity index (χ1n) is 7.35. The lowest BCUT2D eigenvalue weighted by Gasteiger charge is -2.10. The van der Waals surface area contributed by atoms with Crippen LogP contribution in [-0.4, -0.2) is 25.6 Å². The second-order valence-corrected chi connectivity index (χ2v) is 5.32. The van der Waals surface area contributed by atoms with Crippen LogP contribution in [0.3, 0.4) is 0 Å². The molecule has 0 radical (unpaired) electrons. The number of benzene rings is 1. The van der Waals surface area contributed by atoms with Gasteiger partial charge in [-0.1, -0.05) is 24.3 Å². The van der Waals surface area contributed by atoms with Crippen molar-refractivity contribution in [3.05, 3.63) is 35.4 Å². The van der Waals surface area contributed by atoms with E-state index >= 15 is 0 Å². The molecular formula is C16H24N2O2. The van der Waals surface area contributed by atoms with E-state index in [2.05, 4.69) is 22.8 Å². The molecule has 0 bridgehead atoms. The number of methoxy groups -OCH3 is 1. The van der Waals surface area contributed by atoms with E-state index in [1.807, 2.05) is 12.1 Å². The maximum Gasteiger partial charge on any atom is 0.220 e. The van der Waals surface area contributed by atoms with Crippen LogP contribution >= 0.6 is 0 Å². The number of hydrogen-bond acceptors (Lipinski definition) is 3. The van der Waals surface area contributed by atoms with E-state index < -0.39 is 0 Å². The van der Waals surface area contributed by atoms with Gasteiger partial charge >= 0.3 is 0 Å². The molecule has 0 aromatic heterocycles. The fourth-order valence-electron chi connectivity index (χ4n) is 2.15. The molecule has 4 nitrogen and oxygen atoms in total. The molecule has 1 amide bonds. The van der Waals surface area contributed by atoms with Gasteiger partial charge in [0.05, 0.1) is 6.61 Å². The number of amides is 1. The van der Waals surface area contributed by atoms with Gasteiger partial charge in [-0.25, -0.2) is 0 Å². The molecule has 2 N–H and O–H groups in total. The van der Waals surface area contributed by atoms with Gasteiger partial charge in [0, 0.05) is 26.1 Å². The average molecular weight is 276 g/mol. The molecule has 1 aliphatic carbocycles. The third kappa shape index (κ3) is 5.31. The molecule has 110 valence electrons. The quantitative estimate of drug-likeness (QED) is 0.678. The molecule has 0 aliphatic heterocycles. The molecule has 2 rings (SSSR count). The van der Waals surface area contributed by atoms with Gasteiger partial charge in [0.2, 0.25) is 5.91 Å². The Morgan fingerprint density at radius 1 is 1.30 bits per heavy atom. The first-order valence-corrected chi connectivity index (χ1v) is 7.35. The van der Waals surface area contributed by atoms with Crippen molar-refractivity contribution in [2.24, 2.45) is 0 Å². The fraction of sp³-hybridized carbons (Fsp3) is 0.562. The summed E-state index contributed by atoms with van der Waals surface area (Å²) in [4.78, 5) is 11.5. The average Bonchev–Trinajstić information content (AvgIpc) is 3.24. The van der Waals surface area contributed by atoms with Crippen molar-refractivity contribution in [1.29, 1.82) is 0 Å². The Labute approximate surface area is 120 Å².